The Kier molecular flexibility index (Phi) is 9.01. The van der Waals surface area contributed by atoms with E-state index in [9.17, 15) is 19.5 Å². The minimum Gasteiger partial charge on any atom is -0.391 e. The Morgan fingerprint density at radius 2 is 1.61 bits per heavy atom. The van der Waals surface area contributed by atoms with Crippen molar-refractivity contribution < 1.29 is 19.5 Å². The third-order valence-electron chi connectivity index (χ3n) is 7.65. The van der Waals surface area contributed by atoms with Crippen molar-refractivity contribution in [1.29, 1.82) is 0 Å². The molecule has 3 N–H and O–H groups in total. The molecule has 9 nitrogen and oxygen atoms in total. The first-order chi connectivity index (χ1) is 18.3. The van der Waals surface area contributed by atoms with Gasteiger partial charge >= 0.3 is 0 Å². The summed E-state index contributed by atoms with van der Waals surface area (Å²) in [4.78, 5) is 45.7. The molecule has 38 heavy (non-hydrogen) atoms. The van der Waals surface area contributed by atoms with Crippen LogP contribution in [0.5, 0.6) is 0 Å². The lowest BCUT2D eigenvalue weighted by Crippen LogP contribution is -2.50. The number of anilines is 1. The number of rotatable bonds is 8. The van der Waals surface area contributed by atoms with Crippen LogP contribution in [0.15, 0.2) is 42.5 Å². The number of hydrogen-bond donors (Lipinski definition) is 2. The van der Waals surface area contributed by atoms with Crippen molar-refractivity contribution in [2.45, 2.75) is 39.3 Å². The summed E-state index contributed by atoms with van der Waals surface area (Å²) in [5.74, 6) is -0.200. The van der Waals surface area contributed by atoms with Crippen molar-refractivity contribution in [3.63, 3.8) is 0 Å². The number of carbonyl (C=O) groups excluding carboxylic acids is 3. The summed E-state index contributed by atoms with van der Waals surface area (Å²) in [5, 5.41) is 10.8. The lowest BCUT2D eigenvalue weighted by Gasteiger charge is -2.34. The Hall–Kier alpha value is -3.43. The van der Waals surface area contributed by atoms with Crippen LogP contribution in [0.25, 0.3) is 0 Å². The van der Waals surface area contributed by atoms with Gasteiger partial charge in [-0.2, -0.15) is 0 Å². The topological polar surface area (TPSA) is 110 Å². The minimum atomic E-state index is -0.657. The molecule has 0 aliphatic carbocycles. The van der Waals surface area contributed by atoms with E-state index in [4.69, 9.17) is 5.73 Å². The van der Waals surface area contributed by atoms with Crippen LogP contribution in [-0.2, 0) is 17.8 Å². The lowest BCUT2D eigenvalue weighted by atomic mass is 10.0. The van der Waals surface area contributed by atoms with Crippen molar-refractivity contribution in [1.82, 2.24) is 14.7 Å². The zero-order chi connectivity index (χ0) is 27.2. The number of likely N-dealkylation sites (N-methyl/N-ethyl adjacent to an activating group) is 1. The molecule has 9 heteroatoms. The van der Waals surface area contributed by atoms with Gasteiger partial charge in [-0.3, -0.25) is 14.4 Å². The monoisotopic (exact) mass is 521 g/mol. The number of piperazine rings is 1. The molecule has 0 bridgehead atoms. The van der Waals surface area contributed by atoms with Crippen LogP contribution >= 0.6 is 0 Å². The summed E-state index contributed by atoms with van der Waals surface area (Å²) in [7, 11) is 0. The third-order valence-corrected chi connectivity index (χ3v) is 7.65. The second-order valence-electron chi connectivity index (χ2n) is 10.0. The SMILES string of the molecule is CCN1CCN(C[C@@H](O)CCc2ccccc2CN)C(=O)c2ccc(C(=O)N3CCN(C(C)=O)CC3)cc21. The number of amides is 3. The molecular formula is C29H39N5O4. The van der Waals surface area contributed by atoms with Crippen LogP contribution < -0.4 is 10.6 Å². The van der Waals surface area contributed by atoms with Crippen molar-refractivity contribution in [2.75, 3.05) is 57.3 Å². The van der Waals surface area contributed by atoms with Gasteiger partial charge in [0.2, 0.25) is 5.91 Å². The smallest absolute Gasteiger partial charge is 0.256 e. The second kappa shape index (κ2) is 12.4. The first kappa shape index (κ1) is 27.6. The molecule has 4 rings (SSSR count). The molecule has 2 aromatic carbocycles. The van der Waals surface area contributed by atoms with Crippen molar-refractivity contribution in [2.24, 2.45) is 5.73 Å². The van der Waals surface area contributed by atoms with Crippen LogP contribution in [-0.4, -0.2) is 96.0 Å². The maximum absolute atomic E-state index is 13.5. The maximum Gasteiger partial charge on any atom is 0.256 e. The molecule has 1 atom stereocenters. The molecule has 3 amide bonds. The van der Waals surface area contributed by atoms with E-state index >= 15 is 0 Å². The van der Waals surface area contributed by atoms with E-state index in [1.807, 2.05) is 37.3 Å². The van der Waals surface area contributed by atoms with E-state index in [0.29, 0.717) is 76.3 Å². The molecule has 0 unspecified atom stereocenters. The van der Waals surface area contributed by atoms with Crippen molar-refractivity contribution in [3.8, 4) is 0 Å². The number of hydrogen-bond acceptors (Lipinski definition) is 6. The van der Waals surface area contributed by atoms with Crippen LogP contribution in [0.4, 0.5) is 5.69 Å². The fourth-order valence-corrected chi connectivity index (χ4v) is 5.32. The van der Waals surface area contributed by atoms with E-state index < -0.39 is 6.10 Å². The molecule has 2 aliphatic rings. The third kappa shape index (κ3) is 6.16. The summed E-state index contributed by atoms with van der Waals surface area (Å²) in [6.07, 6.45) is 0.575. The fourth-order valence-electron chi connectivity index (χ4n) is 5.32. The summed E-state index contributed by atoms with van der Waals surface area (Å²) in [5.41, 5.74) is 9.87. The Labute approximate surface area is 224 Å². The molecule has 1 fully saturated rings. The standard InChI is InChI=1S/C29H39N5O4/c1-3-31-12-17-34(20-25(36)10-8-22-6-4-5-7-24(22)19-30)29(38)26-11-9-23(18-27(26)31)28(37)33-15-13-32(14-16-33)21(2)35/h4-7,9,11,18,25,36H,3,8,10,12-17,19-20,30H2,1-2H3/t25-/m0/s1. The van der Waals surface area contributed by atoms with E-state index in [2.05, 4.69) is 4.90 Å². The highest BCUT2D eigenvalue weighted by molar-refractivity contribution is 6.03. The largest absolute Gasteiger partial charge is 0.391 e. The number of nitrogens with two attached hydrogens (primary N) is 1. The predicted octanol–water partition coefficient (Wildman–Crippen LogP) is 1.73. The Balaban J connectivity index is 1.45. The number of fused-ring (bicyclic) bond motifs is 1. The number of aliphatic hydroxyl groups excluding tert-OH is 1. The molecule has 0 saturated carbocycles. The van der Waals surface area contributed by atoms with Crippen molar-refractivity contribution >= 4 is 23.4 Å². The number of benzene rings is 2. The molecule has 2 heterocycles. The van der Waals surface area contributed by atoms with Gasteiger partial charge in [0, 0.05) is 71.4 Å². The zero-order valence-electron chi connectivity index (χ0n) is 22.4. The quantitative estimate of drug-likeness (QED) is 0.548. The van der Waals surface area contributed by atoms with Crippen LogP contribution in [0.2, 0.25) is 0 Å². The maximum atomic E-state index is 13.5. The fraction of sp³-hybridized carbons (Fsp3) is 0.483. The predicted molar refractivity (Wildman–Crippen MR) is 147 cm³/mol. The number of carbonyl (C=O) groups is 3. The summed E-state index contributed by atoms with van der Waals surface area (Å²) < 4.78 is 0. The average molecular weight is 522 g/mol. The number of nitrogens with zero attached hydrogens (tertiary/aromatic N) is 4. The van der Waals surface area contributed by atoms with Gasteiger partial charge in [-0.05, 0) is 49.1 Å². The summed E-state index contributed by atoms with van der Waals surface area (Å²) in [6.45, 7) is 8.14. The van der Waals surface area contributed by atoms with Gasteiger partial charge in [0.05, 0.1) is 17.4 Å². The minimum absolute atomic E-state index is 0.0225. The average Bonchev–Trinajstić information content (AvgIpc) is 3.07. The van der Waals surface area contributed by atoms with Crippen LogP contribution in [0.1, 0.15) is 52.1 Å². The highest BCUT2D eigenvalue weighted by Gasteiger charge is 2.29. The Morgan fingerprint density at radius 3 is 2.26 bits per heavy atom. The van der Waals surface area contributed by atoms with Gasteiger partial charge in [-0.25, -0.2) is 0 Å². The molecule has 2 aromatic rings. The first-order valence-corrected chi connectivity index (χ1v) is 13.5. The normalized spacial score (nSPS) is 16.8. The van der Waals surface area contributed by atoms with Gasteiger partial charge in [0.1, 0.15) is 0 Å². The molecule has 0 aromatic heterocycles. The van der Waals surface area contributed by atoms with Crippen LogP contribution in [0.3, 0.4) is 0 Å². The van der Waals surface area contributed by atoms with E-state index in [-0.39, 0.29) is 24.3 Å². The molecule has 2 aliphatic heterocycles. The van der Waals surface area contributed by atoms with Gasteiger partial charge < -0.3 is 30.4 Å². The molecule has 0 spiro atoms. The van der Waals surface area contributed by atoms with Gasteiger partial charge in [-0.1, -0.05) is 24.3 Å². The highest BCUT2D eigenvalue weighted by atomic mass is 16.3. The molecular weight excluding hydrogens is 482 g/mol. The van der Waals surface area contributed by atoms with E-state index in [1.165, 1.54) is 0 Å². The van der Waals surface area contributed by atoms with Crippen LogP contribution in [0, 0.1) is 0 Å². The number of aryl methyl sites for hydroxylation is 1. The summed E-state index contributed by atoms with van der Waals surface area (Å²) >= 11 is 0. The lowest BCUT2D eigenvalue weighted by molar-refractivity contribution is -0.130. The number of aliphatic hydroxyl groups is 1. The van der Waals surface area contributed by atoms with Crippen molar-refractivity contribution in [3.05, 3.63) is 64.7 Å². The first-order valence-electron chi connectivity index (χ1n) is 13.5. The Bertz CT molecular complexity index is 1160. The van der Waals surface area contributed by atoms with E-state index in [0.717, 1.165) is 16.8 Å². The van der Waals surface area contributed by atoms with Gasteiger partial charge in [-0.15, -0.1) is 0 Å². The van der Waals surface area contributed by atoms with Gasteiger partial charge in [0.15, 0.2) is 0 Å². The second-order valence-corrected chi connectivity index (χ2v) is 10.0. The Morgan fingerprint density at radius 1 is 0.947 bits per heavy atom. The molecule has 204 valence electrons. The molecule has 1 saturated heterocycles. The van der Waals surface area contributed by atoms with E-state index in [1.54, 1.807) is 33.8 Å². The number of β-amino-alcohol motifs (C(OH)–C–C–N with tert-alkyl or cyclic N) is 1. The highest BCUT2D eigenvalue weighted by Crippen LogP contribution is 2.28. The van der Waals surface area contributed by atoms with Gasteiger partial charge in [0.25, 0.3) is 11.8 Å². The molecule has 0 radical (unpaired) electrons. The zero-order valence-corrected chi connectivity index (χ0v) is 22.4. The summed E-state index contributed by atoms with van der Waals surface area (Å²) in [6, 6.07) is 13.2.